The van der Waals surface area contributed by atoms with E-state index in [0.717, 1.165) is 12.3 Å². The van der Waals surface area contributed by atoms with E-state index >= 15 is 0 Å². The van der Waals surface area contributed by atoms with Crippen LogP contribution in [0, 0.1) is 17.3 Å². The van der Waals surface area contributed by atoms with Crippen molar-refractivity contribution in [3.05, 3.63) is 70.8 Å². The lowest BCUT2D eigenvalue weighted by molar-refractivity contribution is 0.233. The van der Waals surface area contributed by atoms with Crippen LogP contribution in [0.15, 0.2) is 63.5 Å². The second-order valence-corrected chi connectivity index (χ2v) is 16.1. The second-order valence-electron chi connectivity index (χ2n) is 16.1. The van der Waals surface area contributed by atoms with Gasteiger partial charge in [0.2, 0.25) is 11.8 Å². The van der Waals surface area contributed by atoms with Gasteiger partial charge in [0.05, 0.1) is 18.1 Å². The Morgan fingerprint density at radius 1 is 0.644 bits per heavy atom. The van der Waals surface area contributed by atoms with Crippen LogP contribution < -0.4 is 0 Å². The molecule has 0 aromatic heterocycles. The van der Waals surface area contributed by atoms with E-state index in [4.69, 9.17) is 29.2 Å². The fourth-order valence-corrected chi connectivity index (χ4v) is 6.27. The lowest BCUT2D eigenvalue weighted by Crippen LogP contribution is -2.44. The van der Waals surface area contributed by atoms with Gasteiger partial charge in [-0.25, -0.2) is 15.0 Å². The van der Waals surface area contributed by atoms with Crippen molar-refractivity contribution in [1.82, 2.24) is 0 Å². The topological polar surface area (TPSA) is 64.8 Å². The maximum atomic E-state index is 6.58. The molecule has 0 spiro atoms. The Labute approximate surface area is 271 Å². The zero-order valence-corrected chi connectivity index (χ0v) is 29.3. The summed E-state index contributed by atoms with van der Waals surface area (Å²) in [6, 6.07) is 17.9. The molecule has 0 fully saturated rings. The highest BCUT2D eigenvalue weighted by molar-refractivity contribution is 6.09. The first-order valence-electron chi connectivity index (χ1n) is 16.9. The highest BCUT2D eigenvalue weighted by Gasteiger charge is 2.51. The number of rotatable bonds is 10. The molecule has 45 heavy (non-hydrogen) atoms. The standard InChI is InChI=1S/C39H55N3O3/c1-25(2)32-23-44-35(41-32)39(36-42-33(24-45-36)26(3)4,21-34-40-31(22-43-34)18-27-14-12-11-13-15-27)20-28-16-29(37(5,6)7)19-30(17-28)38(8,9)10/h11-17,19,25-26,31-33H,18,20-24H2,1-10H3/t31-,32+,33+/m0/s1. The van der Waals surface area contributed by atoms with Gasteiger partial charge in [0.15, 0.2) is 5.90 Å². The van der Waals surface area contributed by atoms with Gasteiger partial charge in [0, 0.05) is 6.42 Å². The largest absolute Gasteiger partial charge is 0.479 e. The summed E-state index contributed by atoms with van der Waals surface area (Å²) in [5.74, 6) is 2.88. The second kappa shape index (κ2) is 12.9. The van der Waals surface area contributed by atoms with E-state index < -0.39 is 5.41 Å². The summed E-state index contributed by atoms with van der Waals surface area (Å²) in [7, 11) is 0. The lowest BCUT2D eigenvalue weighted by atomic mass is 9.74. The van der Waals surface area contributed by atoms with Gasteiger partial charge >= 0.3 is 0 Å². The molecule has 2 aromatic carbocycles. The van der Waals surface area contributed by atoms with Gasteiger partial charge in [-0.3, -0.25) is 0 Å². The summed E-state index contributed by atoms with van der Waals surface area (Å²) in [6.45, 7) is 24.3. The van der Waals surface area contributed by atoms with E-state index in [0.29, 0.717) is 56.3 Å². The van der Waals surface area contributed by atoms with Crippen molar-refractivity contribution in [2.45, 2.75) is 117 Å². The summed E-state index contributed by atoms with van der Waals surface area (Å²) < 4.78 is 19.5. The van der Waals surface area contributed by atoms with E-state index in [9.17, 15) is 0 Å². The van der Waals surface area contributed by atoms with Gasteiger partial charge in [-0.15, -0.1) is 0 Å². The summed E-state index contributed by atoms with van der Waals surface area (Å²) in [6.07, 6.45) is 1.98. The SMILES string of the molecule is CC(C)[C@H]1COC(C(CC2=N[C@@H](Cc3ccccc3)CO2)(Cc2cc(C(C)(C)C)cc(C(C)(C)C)c2)C2=N[C@@H](C(C)C)CO2)=N1. The van der Waals surface area contributed by atoms with E-state index in [1.807, 2.05) is 0 Å². The van der Waals surface area contributed by atoms with Gasteiger partial charge in [-0.2, -0.15) is 0 Å². The monoisotopic (exact) mass is 613 g/mol. The van der Waals surface area contributed by atoms with Crippen LogP contribution in [-0.4, -0.2) is 55.6 Å². The third-order valence-corrected chi connectivity index (χ3v) is 9.47. The molecule has 244 valence electrons. The maximum Gasteiger partial charge on any atom is 0.200 e. The number of hydrogen-bond donors (Lipinski definition) is 0. The average molecular weight is 614 g/mol. The Balaban J connectivity index is 1.63. The first-order valence-corrected chi connectivity index (χ1v) is 16.9. The highest BCUT2D eigenvalue weighted by atomic mass is 16.5. The number of aliphatic imine (C=N–C) groups is 3. The minimum absolute atomic E-state index is 0.00376. The molecule has 0 radical (unpaired) electrons. The maximum absolute atomic E-state index is 6.58. The Morgan fingerprint density at radius 2 is 1.18 bits per heavy atom. The van der Waals surface area contributed by atoms with Crippen molar-refractivity contribution in [3.8, 4) is 0 Å². The van der Waals surface area contributed by atoms with Crippen molar-refractivity contribution in [1.29, 1.82) is 0 Å². The quantitative estimate of drug-likeness (QED) is 0.272. The van der Waals surface area contributed by atoms with Crippen molar-refractivity contribution >= 4 is 17.7 Å². The summed E-state index contributed by atoms with van der Waals surface area (Å²) >= 11 is 0. The molecule has 3 aliphatic heterocycles. The van der Waals surface area contributed by atoms with Crippen LogP contribution in [0.3, 0.4) is 0 Å². The molecule has 0 bridgehead atoms. The minimum Gasteiger partial charge on any atom is -0.479 e. The normalized spacial score (nSPS) is 22.2. The Hall–Kier alpha value is -3.15. The molecule has 3 aliphatic rings. The number of ether oxygens (including phenoxy) is 3. The molecule has 2 aromatic rings. The fourth-order valence-electron chi connectivity index (χ4n) is 6.27. The molecule has 0 N–H and O–H groups in total. The van der Waals surface area contributed by atoms with Crippen LogP contribution in [0.25, 0.3) is 0 Å². The molecule has 3 heterocycles. The fraction of sp³-hybridized carbons (Fsp3) is 0.615. The van der Waals surface area contributed by atoms with Gasteiger partial charge in [0.25, 0.3) is 0 Å². The van der Waals surface area contributed by atoms with Gasteiger partial charge < -0.3 is 14.2 Å². The molecule has 0 unspecified atom stereocenters. The first kappa shape index (κ1) is 33.2. The summed E-state index contributed by atoms with van der Waals surface area (Å²) in [5, 5.41) is 0. The zero-order chi connectivity index (χ0) is 32.6. The zero-order valence-electron chi connectivity index (χ0n) is 29.3. The van der Waals surface area contributed by atoms with E-state index in [1.54, 1.807) is 0 Å². The third-order valence-electron chi connectivity index (χ3n) is 9.47. The first-order chi connectivity index (χ1) is 21.1. The molecular weight excluding hydrogens is 558 g/mol. The van der Waals surface area contributed by atoms with Crippen LogP contribution in [0.4, 0.5) is 0 Å². The Kier molecular flexibility index (Phi) is 9.54. The summed E-state index contributed by atoms with van der Waals surface area (Å²) in [5.41, 5.74) is 4.36. The molecule has 3 atom stereocenters. The Bertz CT molecular complexity index is 1360. The average Bonchev–Trinajstić information content (AvgIpc) is 3.74. The molecule has 0 saturated carbocycles. The van der Waals surface area contributed by atoms with Crippen molar-refractivity contribution < 1.29 is 14.2 Å². The molecular formula is C39H55N3O3. The smallest absolute Gasteiger partial charge is 0.200 e. The molecule has 0 saturated heterocycles. The van der Waals surface area contributed by atoms with Crippen LogP contribution in [0.5, 0.6) is 0 Å². The van der Waals surface area contributed by atoms with Crippen LogP contribution in [0.2, 0.25) is 0 Å². The molecule has 6 heteroatoms. The van der Waals surface area contributed by atoms with Crippen LogP contribution in [0.1, 0.15) is 97.9 Å². The molecule has 5 rings (SSSR count). The number of nitrogens with zero attached hydrogens (tertiary/aromatic N) is 3. The van der Waals surface area contributed by atoms with Crippen molar-refractivity contribution in [3.63, 3.8) is 0 Å². The predicted molar refractivity (Wildman–Crippen MR) is 186 cm³/mol. The van der Waals surface area contributed by atoms with E-state index in [1.165, 1.54) is 22.3 Å². The number of benzene rings is 2. The minimum atomic E-state index is -0.764. The van der Waals surface area contributed by atoms with Crippen LogP contribution in [-0.2, 0) is 37.9 Å². The van der Waals surface area contributed by atoms with Crippen LogP contribution >= 0.6 is 0 Å². The molecule has 0 aliphatic carbocycles. The van der Waals surface area contributed by atoms with Gasteiger partial charge in [-0.1, -0.05) is 118 Å². The molecule has 6 nitrogen and oxygen atoms in total. The third kappa shape index (κ3) is 7.64. The van der Waals surface area contributed by atoms with E-state index in [2.05, 4.69) is 118 Å². The Morgan fingerprint density at radius 3 is 1.64 bits per heavy atom. The van der Waals surface area contributed by atoms with E-state index in [-0.39, 0.29) is 29.0 Å². The highest BCUT2D eigenvalue weighted by Crippen LogP contribution is 2.41. The van der Waals surface area contributed by atoms with Crippen molar-refractivity contribution in [2.24, 2.45) is 32.2 Å². The van der Waals surface area contributed by atoms with Crippen molar-refractivity contribution in [2.75, 3.05) is 19.8 Å². The van der Waals surface area contributed by atoms with Gasteiger partial charge in [0.1, 0.15) is 25.2 Å². The summed E-state index contributed by atoms with van der Waals surface area (Å²) in [4.78, 5) is 15.7. The predicted octanol–water partition coefficient (Wildman–Crippen LogP) is 8.15. The van der Waals surface area contributed by atoms with Gasteiger partial charge in [-0.05, 0) is 57.8 Å². The lowest BCUT2D eigenvalue weighted by Gasteiger charge is -2.33. The number of hydrogen-bond acceptors (Lipinski definition) is 6. The molecule has 0 amide bonds.